The molecule has 0 unspecified atom stereocenters. The minimum absolute atomic E-state index is 0.258. The molecule has 0 bridgehead atoms. The van der Waals surface area contributed by atoms with E-state index in [1.54, 1.807) is 62.2 Å². The zero-order valence-corrected chi connectivity index (χ0v) is 20.4. The molecule has 0 aliphatic rings. The first-order chi connectivity index (χ1) is 16.8. The molecule has 7 heteroatoms. The van der Waals surface area contributed by atoms with Crippen molar-refractivity contribution < 1.29 is 14.3 Å². The molecule has 0 aliphatic heterocycles. The largest absolute Gasteiger partial charge is 0.497 e. The van der Waals surface area contributed by atoms with Crippen molar-refractivity contribution in [2.24, 2.45) is 0 Å². The number of carbonyl (C=O) groups excluding carboxylic acids is 1. The molecule has 7 nitrogen and oxygen atoms in total. The van der Waals surface area contributed by atoms with Gasteiger partial charge in [0.1, 0.15) is 23.0 Å². The van der Waals surface area contributed by atoms with E-state index in [0.29, 0.717) is 33.9 Å². The van der Waals surface area contributed by atoms with E-state index in [9.17, 15) is 9.59 Å². The molecule has 0 radical (unpaired) electrons. The van der Waals surface area contributed by atoms with Gasteiger partial charge in [0.25, 0.3) is 5.91 Å². The quantitative estimate of drug-likeness (QED) is 0.425. The van der Waals surface area contributed by atoms with E-state index in [2.05, 4.69) is 10.4 Å². The second-order valence-corrected chi connectivity index (χ2v) is 8.20. The number of carbonyl (C=O) groups is 1. The Morgan fingerprint density at radius 3 is 2.26 bits per heavy atom. The fraction of sp³-hybridized carbons (Fsp3) is 0.179. The summed E-state index contributed by atoms with van der Waals surface area (Å²) in [5, 5.41) is 7.51. The van der Waals surface area contributed by atoms with E-state index in [-0.39, 0.29) is 17.2 Å². The lowest BCUT2D eigenvalue weighted by molar-refractivity contribution is 0.102. The summed E-state index contributed by atoms with van der Waals surface area (Å²) in [5.41, 5.74) is 4.19. The Labute approximate surface area is 204 Å². The second kappa shape index (κ2) is 9.85. The van der Waals surface area contributed by atoms with Crippen LogP contribution in [0.4, 0.5) is 5.82 Å². The first-order valence-electron chi connectivity index (χ1n) is 11.1. The molecule has 1 amide bonds. The summed E-state index contributed by atoms with van der Waals surface area (Å²) < 4.78 is 12.3. The molecule has 0 saturated heterocycles. The van der Waals surface area contributed by atoms with E-state index in [1.807, 2.05) is 44.2 Å². The van der Waals surface area contributed by atoms with Crippen molar-refractivity contribution in [2.45, 2.75) is 20.8 Å². The Morgan fingerprint density at radius 2 is 1.60 bits per heavy atom. The van der Waals surface area contributed by atoms with Crippen LogP contribution in [-0.2, 0) is 0 Å². The molecule has 1 heterocycles. The molecule has 0 fully saturated rings. The maximum atomic E-state index is 13.5. The van der Waals surface area contributed by atoms with Crippen LogP contribution in [0.3, 0.4) is 0 Å². The Kier molecular flexibility index (Phi) is 6.68. The van der Waals surface area contributed by atoms with Gasteiger partial charge in [0.15, 0.2) is 0 Å². The lowest BCUT2D eigenvalue weighted by atomic mass is 10.0. The number of methoxy groups -OCH3 is 2. The van der Waals surface area contributed by atoms with Crippen molar-refractivity contribution in [3.63, 3.8) is 0 Å². The third-order valence-electron chi connectivity index (χ3n) is 5.95. The molecule has 178 valence electrons. The molecule has 1 N–H and O–H groups in total. The van der Waals surface area contributed by atoms with E-state index in [4.69, 9.17) is 9.47 Å². The van der Waals surface area contributed by atoms with Gasteiger partial charge in [-0.2, -0.15) is 5.10 Å². The lowest BCUT2D eigenvalue weighted by Gasteiger charge is -2.20. The minimum Gasteiger partial charge on any atom is -0.497 e. The average Bonchev–Trinajstić information content (AvgIpc) is 2.88. The minimum atomic E-state index is -0.383. The van der Waals surface area contributed by atoms with Crippen LogP contribution in [0.1, 0.15) is 27.2 Å². The van der Waals surface area contributed by atoms with E-state index < -0.39 is 0 Å². The Hall–Kier alpha value is -4.39. The van der Waals surface area contributed by atoms with Crippen molar-refractivity contribution in [3.8, 4) is 28.3 Å². The summed E-state index contributed by atoms with van der Waals surface area (Å²) in [4.78, 5) is 26.8. The number of para-hydroxylation sites is 1. The highest BCUT2D eigenvalue weighted by Crippen LogP contribution is 2.34. The molecule has 0 aliphatic carbocycles. The number of benzene rings is 3. The SMILES string of the molecule is COc1ccc(C(=O)Nc2c(-c3ccccc3OC)c(=O)c(C)nn2-c2ccc(C)c(C)c2)cc1. The van der Waals surface area contributed by atoms with Gasteiger partial charge in [0, 0.05) is 11.1 Å². The Balaban J connectivity index is 1.97. The molecule has 0 spiro atoms. The maximum Gasteiger partial charge on any atom is 0.256 e. The predicted molar refractivity (Wildman–Crippen MR) is 137 cm³/mol. The van der Waals surface area contributed by atoms with Gasteiger partial charge in [-0.05, 0) is 74.4 Å². The number of anilines is 1. The van der Waals surface area contributed by atoms with Crippen LogP contribution >= 0.6 is 0 Å². The van der Waals surface area contributed by atoms with Gasteiger partial charge < -0.3 is 14.8 Å². The third kappa shape index (κ3) is 4.66. The number of ether oxygens (including phenoxy) is 2. The van der Waals surface area contributed by atoms with Crippen molar-refractivity contribution in [3.05, 3.63) is 99.3 Å². The Morgan fingerprint density at radius 1 is 0.886 bits per heavy atom. The van der Waals surface area contributed by atoms with Crippen LogP contribution in [-0.4, -0.2) is 29.9 Å². The standard InChI is InChI=1S/C28H27N3O4/c1-17-10-13-21(16-18(17)2)31-27(29-28(33)20-11-14-22(34-4)15-12-20)25(26(32)19(3)30-31)23-8-6-7-9-24(23)35-5/h6-16H,1-5H3,(H,29,33). The van der Waals surface area contributed by atoms with Crippen molar-refractivity contribution in [1.82, 2.24) is 9.78 Å². The molecule has 35 heavy (non-hydrogen) atoms. The van der Waals surface area contributed by atoms with Crippen LogP contribution in [0.25, 0.3) is 16.8 Å². The van der Waals surface area contributed by atoms with E-state index >= 15 is 0 Å². The first kappa shape index (κ1) is 23.8. The molecule has 1 aromatic heterocycles. The van der Waals surface area contributed by atoms with Crippen LogP contribution in [0, 0.1) is 20.8 Å². The summed E-state index contributed by atoms with van der Waals surface area (Å²) in [5.74, 6) is 1.03. The van der Waals surface area contributed by atoms with Gasteiger partial charge in [-0.3, -0.25) is 9.59 Å². The monoisotopic (exact) mass is 469 g/mol. The lowest BCUT2D eigenvalue weighted by Crippen LogP contribution is -2.25. The number of nitrogens with zero attached hydrogens (tertiary/aromatic N) is 2. The molecular formula is C28H27N3O4. The highest BCUT2D eigenvalue weighted by Gasteiger charge is 2.23. The molecule has 4 rings (SSSR count). The number of hydrogen-bond acceptors (Lipinski definition) is 5. The number of aryl methyl sites for hydroxylation is 3. The number of hydrogen-bond donors (Lipinski definition) is 1. The molecule has 0 saturated carbocycles. The normalized spacial score (nSPS) is 10.7. The van der Waals surface area contributed by atoms with Crippen LogP contribution in [0.2, 0.25) is 0 Å². The fourth-order valence-corrected chi connectivity index (χ4v) is 3.82. The smallest absolute Gasteiger partial charge is 0.256 e. The summed E-state index contributed by atoms with van der Waals surface area (Å²) >= 11 is 0. The van der Waals surface area contributed by atoms with Crippen LogP contribution in [0.15, 0.2) is 71.5 Å². The molecule has 3 aromatic carbocycles. The maximum absolute atomic E-state index is 13.5. The van der Waals surface area contributed by atoms with Gasteiger partial charge in [-0.25, -0.2) is 4.68 Å². The average molecular weight is 470 g/mol. The topological polar surface area (TPSA) is 82.4 Å². The zero-order chi connectivity index (χ0) is 25.1. The van der Waals surface area contributed by atoms with Crippen molar-refractivity contribution >= 4 is 11.7 Å². The van der Waals surface area contributed by atoms with E-state index in [1.165, 1.54) is 0 Å². The molecular weight excluding hydrogens is 442 g/mol. The zero-order valence-electron chi connectivity index (χ0n) is 20.4. The van der Waals surface area contributed by atoms with Crippen molar-refractivity contribution in [2.75, 3.05) is 19.5 Å². The highest BCUT2D eigenvalue weighted by molar-refractivity contribution is 6.06. The summed E-state index contributed by atoms with van der Waals surface area (Å²) in [6.07, 6.45) is 0. The highest BCUT2D eigenvalue weighted by atomic mass is 16.5. The second-order valence-electron chi connectivity index (χ2n) is 8.20. The Bertz CT molecular complexity index is 1460. The predicted octanol–water partition coefficient (Wildman–Crippen LogP) is 5.09. The van der Waals surface area contributed by atoms with Gasteiger partial charge in [-0.1, -0.05) is 24.3 Å². The number of nitrogens with one attached hydrogen (secondary N) is 1. The summed E-state index contributed by atoms with van der Waals surface area (Å²) in [7, 11) is 3.11. The first-order valence-corrected chi connectivity index (χ1v) is 11.1. The van der Waals surface area contributed by atoms with Gasteiger partial charge in [0.2, 0.25) is 5.43 Å². The number of rotatable bonds is 6. The van der Waals surface area contributed by atoms with E-state index in [0.717, 1.165) is 16.8 Å². The fourth-order valence-electron chi connectivity index (χ4n) is 3.82. The molecule has 4 aromatic rings. The summed E-state index contributed by atoms with van der Waals surface area (Å²) in [6, 6.07) is 19.8. The molecule has 0 atom stereocenters. The third-order valence-corrected chi connectivity index (χ3v) is 5.95. The number of amides is 1. The van der Waals surface area contributed by atoms with Gasteiger partial charge >= 0.3 is 0 Å². The summed E-state index contributed by atoms with van der Waals surface area (Å²) in [6.45, 7) is 5.69. The van der Waals surface area contributed by atoms with Crippen molar-refractivity contribution in [1.29, 1.82) is 0 Å². The van der Waals surface area contributed by atoms with Crippen LogP contribution < -0.4 is 20.2 Å². The van der Waals surface area contributed by atoms with Gasteiger partial charge in [0.05, 0.1) is 25.5 Å². The van der Waals surface area contributed by atoms with Gasteiger partial charge in [-0.15, -0.1) is 0 Å². The van der Waals surface area contributed by atoms with Crippen LogP contribution in [0.5, 0.6) is 11.5 Å². The number of aromatic nitrogens is 2.